The third-order valence-corrected chi connectivity index (χ3v) is 4.65. The number of aromatic nitrogens is 6. The lowest BCUT2D eigenvalue weighted by Crippen LogP contribution is -2.00. The number of rotatable bonds is 3. The molecule has 0 saturated heterocycles. The smallest absolute Gasteiger partial charge is 0.179 e. The Morgan fingerprint density at radius 2 is 1.72 bits per heavy atom. The molecule has 0 spiro atoms. The topological polar surface area (TPSA) is 72.8 Å². The van der Waals surface area contributed by atoms with Crippen LogP contribution in [0.4, 0.5) is 0 Å². The molecule has 8 nitrogen and oxygen atoms in total. The van der Waals surface area contributed by atoms with E-state index in [0.29, 0.717) is 11.7 Å². The fraction of sp³-hybridized carbons (Fsp3) is 0.429. The largest absolute Gasteiger partial charge is 0.493 e. The molecule has 8 heteroatoms. The van der Waals surface area contributed by atoms with Crippen LogP contribution in [0.3, 0.4) is 0 Å². The number of aryl methyl sites for hydroxylation is 2. The Kier molecular flexibility index (Phi) is 4.96. The molecule has 1 aliphatic rings. The van der Waals surface area contributed by atoms with Crippen LogP contribution in [-0.2, 0) is 0 Å². The van der Waals surface area contributed by atoms with Crippen molar-refractivity contribution in [1.29, 1.82) is 0 Å². The molecule has 0 bridgehead atoms. The number of nitrogens with zero attached hydrogens (tertiary/aromatic N) is 7. The number of ether oxygens (including phenoxy) is 1. The summed E-state index contributed by atoms with van der Waals surface area (Å²) in [7, 11) is 7.67. The first-order valence-electron chi connectivity index (χ1n) is 9.75. The molecule has 152 valence electrons. The Morgan fingerprint density at radius 3 is 2.38 bits per heavy atom. The summed E-state index contributed by atoms with van der Waals surface area (Å²) in [4.78, 5) is 11.2. The fourth-order valence-electron chi connectivity index (χ4n) is 3.21. The summed E-state index contributed by atoms with van der Waals surface area (Å²) in [5.74, 6) is 2.06. The zero-order chi connectivity index (χ0) is 20.7. The van der Waals surface area contributed by atoms with Crippen LogP contribution in [0.15, 0.2) is 24.5 Å². The van der Waals surface area contributed by atoms with Crippen molar-refractivity contribution in [3.63, 3.8) is 0 Å². The normalized spacial score (nSPS) is 13.8. The Balaban J connectivity index is 0.000000472. The maximum Gasteiger partial charge on any atom is 0.179 e. The molecule has 1 aliphatic carbocycles. The van der Waals surface area contributed by atoms with Gasteiger partial charge in [-0.05, 0) is 65.5 Å². The van der Waals surface area contributed by atoms with Gasteiger partial charge in [-0.15, -0.1) is 14.8 Å². The van der Waals surface area contributed by atoms with Crippen molar-refractivity contribution in [1.82, 2.24) is 34.1 Å². The van der Waals surface area contributed by atoms with E-state index < -0.39 is 0 Å². The van der Waals surface area contributed by atoms with Crippen LogP contribution < -0.4 is 4.74 Å². The Hall–Kier alpha value is -3.00. The van der Waals surface area contributed by atoms with E-state index in [9.17, 15) is 0 Å². The minimum absolute atomic E-state index is 0.600. The highest BCUT2D eigenvalue weighted by atomic mass is 16.5. The van der Waals surface area contributed by atoms with Crippen molar-refractivity contribution >= 4 is 11.3 Å². The van der Waals surface area contributed by atoms with Crippen molar-refractivity contribution in [2.24, 2.45) is 0 Å². The molecule has 1 fully saturated rings. The Bertz CT molecular complexity index is 1170. The van der Waals surface area contributed by atoms with E-state index in [1.54, 1.807) is 11.7 Å². The highest BCUT2D eigenvalue weighted by Crippen LogP contribution is 2.40. The number of fused-ring (bicyclic) bond motifs is 2. The number of hydrogen-bond acceptors (Lipinski definition) is 6. The molecule has 0 unspecified atom stereocenters. The first kappa shape index (κ1) is 19.3. The molecular weight excluding hydrogens is 366 g/mol. The summed E-state index contributed by atoms with van der Waals surface area (Å²) in [6.45, 7) is 3.89. The van der Waals surface area contributed by atoms with Crippen LogP contribution in [0.2, 0.25) is 0 Å². The number of imidazole rings is 1. The monoisotopic (exact) mass is 393 g/mol. The molecule has 29 heavy (non-hydrogen) atoms. The van der Waals surface area contributed by atoms with Crippen molar-refractivity contribution in [2.45, 2.75) is 32.6 Å². The summed E-state index contributed by atoms with van der Waals surface area (Å²) in [5.41, 5.74) is 5.60. The third-order valence-electron chi connectivity index (χ3n) is 4.65. The summed E-state index contributed by atoms with van der Waals surface area (Å²) >= 11 is 0. The minimum atomic E-state index is 0.600. The second-order valence-electron chi connectivity index (χ2n) is 7.99. The van der Waals surface area contributed by atoms with Crippen molar-refractivity contribution in [2.75, 3.05) is 28.3 Å². The Morgan fingerprint density at radius 1 is 1.00 bits per heavy atom. The van der Waals surface area contributed by atoms with E-state index >= 15 is 0 Å². The lowest BCUT2D eigenvalue weighted by Gasteiger charge is -2.08. The SMILES string of the molecule is CN(C)C.COc1cc(-c2cc(C)c3nc(C)nn3n2)cn2cc(C3CC3)nc12. The molecule has 0 atom stereocenters. The van der Waals surface area contributed by atoms with Crippen molar-refractivity contribution in [3.8, 4) is 17.0 Å². The van der Waals surface area contributed by atoms with E-state index in [0.717, 1.165) is 39.6 Å². The lowest BCUT2D eigenvalue weighted by molar-refractivity contribution is 0.417. The van der Waals surface area contributed by atoms with Crippen LogP contribution in [0, 0.1) is 13.8 Å². The van der Waals surface area contributed by atoms with E-state index in [1.165, 1.54) is 12.8 Å². The number of pyridine rings is 1. The molecule has 0 amide bonds. The Labute approximate surface area is 170 Å². The molecule has 0 aromatic carbocycles. The summed E-state index contributed by atoms with van der Waals surface area (Å²) in [6, 6.07) is 4.01. The number of hydrogen-bond donors (Lipinski definition) is 0. The van der Waals surface area contributed by atoms with Crippen LogP contribution in [0.25, 0.3) is 22.6 Å². The molecular formula is C21H27N7O. The minimum Gasteiger partial charge on any atom is -0.493 e. The van der Waals surface area contributed by atoms with Gasteiger partial charge in [0, 0.05) is 23.9 Å². The van der Waals surface area contributed by atoms with E-state index in [1.807, 2.05) is 62.6 Å². The van der Waals surface area contributed by atoms with Gasteiger partial charge < -0.3 is 14.0 Å². The highest BCUT2D eigenvalue weighted by Gasteiger charge is 2.27. The standard InChI is InChI=1S/C18H18N6O.C3H9N/c1-10-6-14(22-24-17(10)19-11(2)21-24)13-7-16(25-3)18-20-15(12-4-5-12)9-23(18)8-13;1-4(2)3/h6-9,12H,4-5H2,1-3H3;1-3H3. The second kappa shape index (κ2) is 7.44. The molecule has 4 heterocycles. The van der Waals surface area contributed by atoms with Gasteiger partial charge in [0.05, 0.1) is 18.5 Å². The maximum atomic E-state index is 5.58. The quantitative estimate of drug-likeness (QED) is 0.532. The van der Waals surface area contributed by atoms with Crippen molar-refractivity contribution < 1.29 is 4.74 Å². The molecule has 1 saturated carbocycles. The van der Waals surface area contributed by atoms with Gasteiger partial charge in [0.2, 0.25) is 0 Å². The number of methoxy groups -OCH3 is 1. The summed E-state index contributed by atoms with van der Waals surface area (Å²) in [5, 5.41) is 8.96. The van der Waals surface area contributed by atoms with Gasteiger partial charge in [0.25, 0.3) is 0 Å². The van der Waals surface area contributed by atoms with E-state index in [4.69, 9.17) is 9.72 Å². The molecule has 0 N–H and O–H groups in total. The van der Waals surface area contributed by atoms with Gasteiger partial charge >= 0.3 is 0 Å². The third kappa shape index (κ3) is 3.93. The highest BCUT2D eigenvalue weighted by molar-refractivity contribution is 5.68. The van der Waals surface area contributed by atoms with Gasteiger partial charge in [0.15, 0.2) is 17.0 Å². The molecule has 0 radical (unpaired) electrons. The molecule has 4 aromatic rings. The average molecular weight is 393 g/mol. The van der Waals surface area contributed by atoms with Crippen LogP contribution in [-0.4, -0.2) is 62.3 Å². The zero-order valence-electron chi connectivity index (χ0n) is 17.8. The summed E-state index contributed by atoms with van der Waals surface area (Å²) in [6.07, 6.45) is 6.60. The first-order valence-corrected chi connectivity index (χ1v) is 9.75. The second-order valence-corrected chi connectivity index (χ2v) is 7.99. The zero-order valence-corrected chi connectivity index (χ0v) is 17.8. The van der Waals surface area contributed by atoms with E-state index in [-0.39, 0.29) is 0 Å². The predicted octanol–water partition coefficient (Wildman–Crippen LogP) is 3.12. The average Bonchev–Trinajstić information content (AvgIpc) is 3.30. The van der Waals surface area contributed by atoms with E-state index in [2.05, 4.69) is 21.4 Å². The maximum absolute atomic E-state index is 5.58. The molecule has 5 rings (SSSR count). The first-order chi connectivity index (χ1) is 13.9. The van der Waals surface area contributed by atoms with Crippen LogP contribution in [0.1, 0.15) is 35.8 Å². The van der Waals surface area contributed by atoms with Crippen LogP contribution in [0.5, 0.6) is 5.75 Å². The van der Waals surface area contributed by atoms with Crippen molar-refractivity contribution in [3.05, 3.63) is 41.6 Å². The van der Waals surface area contributed by atoms with Gasteiger partial charge in [0.1, 0.15) is 5.82 Å². The van der Waals surface area contributed by atoms with Crippen LogP contribution >= 0.6 is 0 Å². The molecule has 4 aromatic heterocycles. The van der Waals surface area contributed by atoms with Gasteiger partial charge in [-0.25, -0.2) is 9.97 Å². The lowest BCUT2D eigenvalue weighted by atomic mass is 10.1. The summed E-state index contributed by atoms with van der Waals surface area (Å²) < 4.78 is 9.21. The fourth-order valence-corrected chi connectivity index (χ4v) is 3.21. The van der Waals surface area contributed by atoms with Gasteiger partial charge in [-0.2, -0.15) is 0 Å². The van der Waals surface area contributed by atoms with Gasteiger partial charge in [-0.3, -0.25) is 0 Å². The molecule has 0 aliphatic heterocycles. The predicted molar refractivity (Wildman–Crippen MR) is 113 cm³/mol. The van der Waals surface area contributed by atoms with Gasteiger partial charge in [-0.1, -0.05) is 0 Å².